The van der Waals surface area contributed by atoms with Crippen molar-refractivity contribution in [2.24, 2.45) is 0 Å². The third-order valence-electron chi connectivity index (χ3n) is 1.51. The lowest BCUT2D eigenvalue weighted by Crippen LogP contribution is -2.04. The Hall–Kier alpha value is -0.590. The number of rotatable bonds is 0. The molecule has 1 heteroatoms. The Morgan fingerprint density at radius 1 is 1.12 bits per heavy atom. The second-order valence-corrected chi connectivity index (χ2v) is 2.29. The molecule has 0 spiro atoms. The molecule has 1 aliphatic rings. The molecular weight excluding hydrogens is 100 g/mol. The molecule has 0 aromatic heterocycles. The lowest BCUT2D eigenvalue weighted by atomic mass is 9.95. The highest BCUT2D eigenvalue weighted by Crippen LogP contribution is 2.17. The lowest BCUT2D eigenvalue weighted by Gasteiger charge is -2.09. The van der Waals surface area contributed by atoms with Gasteiger partial charge in [0.1, 0.15) is 5.78 Å². The van der Waals surface area contributed by atoms with E-state index >= 15 is 0 Å². The van der Waals surface area contributed by atoms with Gasteiger partial charge in [-0.2, -0.15) is 0 Å². The van der Waals surface area contributed by atoms with Crippen LogP contribution in [-0.4, -0.2) is 5.78 Å². The molecule has 0 N–H and O–H groups in total. The number of allylic oxidation sites excluding steroid dienone is 1. The van der Waals surface area contributed by atoms with Gasteiger partial charge in [0.15, 0.2) is 0 Å². The van der Waals surface area contributed by atoms with Gasteiger partial charge < -0.3 is 0 Å². The summed E-state index contributed by atoms with van der Waals surface area (Å²) in [5, 5.41) is 0. The Morgan fingerprint density at radius 2 is 1.62 bits per heavy atom. The van der Waals surface area contributed by atoms with Crippen molar-refractivity contribution in [1.82, 2.24) is 0 Å². The van der Waals surface area contributed by atoms with Gasteiger partial charge in [0, 0.05) is 12.8 Å². The Bertz CT molecular complexity index is 96.3. The molecule has 0 aliphatic heterocycles. The van der Waals surface area contributed by atoms with Gasteiger partial charge in [-0.3, -0.25) is 4.79 Å². The fraction of sp³-hybridized carbons (Fsp3) is 0.571. The van der Waals surface area contributed by atoms with Gasteiger partial charge in [0.2, 0.25) is 0 Å². The summed E-state index contributed by atoms with van der Waals surface area (Å²) in [7, 11) is 0. The maximum absolute atomic E-state index is 10.6. The van der Waals surface area contributed by atoms with Gasteiger partial charge in [0.25, 0.3) is 0 Å². The average molecular weight is 110 g/mol. The van der Waals surface area contributed by atoms with Crippen LogP contribution < -0.4 is 0 Å². The number of carbonyl (C=O) groups excluding carboxylic acids is 1. The minimum atomic E-state index is 0.400. The van der Waals surface area contributed by atoms with Crippen molar-refractivity contribution in [3.05, 3.63) is 12.2 Å². The highest BCUT2D eigenvalue weighted by atomic mass is 16.1. The maximum atomic E-state index is 10.6. The van der Waals surface area contributed by atoms with E-state index in [1.165, 1.54) is 5.57 Å². The van der Waals surface area contributed by atoms with Crippen molar-refractivity contribution >= 4 is 5.78 Å². The van der Waals surface area contributed by atoms with E-state index in [0.717, 1.165) is 25.7 Å². The number of hydrogen-bond acceptors (Lipinski definition) is 1. The highest BCUT2D eigenvalue weighted by molar-refractivity contribution is 5.79. The van der Waals surface area contributed by atoms with E-state index in [4.69, 9.17) is 0 Å². The lowest BCUT2D eigenvalue weighted by molar-refractivity contribution is -0.119. The van der Waals surface area contributed by atoms with Gasteiger partial charge >= 0.3 is 0 Å². The first-order valence-corrected chi connectivity index (χ1v) is 2.97. The van der Waals surface area contributed by atoms with Crippen molar-refractivity contribution in [3.63, 3.8) is 0 Å². The van der Waals surface area contributed by atoms with Crippen molar-refractivity contribution in [1.29, 1.82) is 0 Å². The van der Waals surface area contributed by atoms with Crippen molar-refractivity contribution in [2.45, 2.75) is 25.7 Å². The van der Waals surface area contributed by atoms with Crippen LogP contribution in [0.4, 0.5) is 0 Å². The first kappa shape index (κ1) is 5.54. The van der Waals surface area contributed by atoms with E-state index in [9.17, 15) is 4.79 Å². The largest absolute Gasteiger partial charge is 0.300 e. The summed E-state index contributed by atoms with van der Waals surface area (Å²) in [6.45, 7) is 3.80. The number of hydrogen-bond donors (Lipinski definition) is 0. The Kier molecular flexibility index (Phi) is 1.47. The predicted octanol–water partition coefficient (Wildman–Crippen LogP) is 1.69. The Morgan fingerprint density at radius 3 is 2.00 bits per heavy atom. The molecule has 0 aromatic rings. The molecule has 1 saturated carbocycles. The molecule has 1 aliphatic carbocycles. The molecule has 0 heterocycles. The zero-order valence-electron chi connectivity index (χ0n) is 4.94. The average Bonchev–Trinajstić information content (AvgIpc) is 1.77. The molecule has 1 fully saturated rings. The number of Topliss-reactive ketones (excluding diaryl/α,β-unsaturated/α-hetero) is 1. The molecule has 0 saturated heterocycles. The van der Waals surface area contributed by atoms with Gasteiger partial charge in [-0.15, -0.1) is 0 Å². The van der Waals surface area contributed by atoms with E-state index in [2.05, 4.69) is 6.58 Å². The van der Waals surface area contributed by atoms with Crippen LogP contribution in [0.3, 0.4) is 0 Å². The van der Waals surface area contributed by atoms with E-state index in [0.29, 0.717) is 5.78 Å². The van der Waals surface area contributed by atoms with Crippen LogP contribution in [0.15, 0.2) is 12.2 Å². The fourth-order valence-electron chi connectivity index (χ4n) is 0.882. The van der Waals surface area contributed by atoms with Crippen LogP contribution in [0.1, 0.15) is 25.7 Å². The predicted molar refractivity (Wildman–Crippen MR) is 32.6 cm³/mol. The van der Waals surface area contributed by atoms with Crippen LogP contribution in [0, 0.1) is 0 Å². The summed E-state index contributed by atoms with van der Waals surface area (Å²) >= 11 is 0. The number of carbonyl (C=O) groups is 1. The maximum Gasteiger partial charge on any atom is 0.133 e. The van der Waals surface area contributed by atoms with E-state index in [1.54, 1.807) is 0 Å². The second-order valence-electron chi connectivity index (χ2n) is 2.29. The van der Waals surface area contributed by atoms with Gasteiger partial charge in [-0.1, -0.05) is 12.2 Å². The highest BCUT2D eigenvalue weighted by Gasteiger charge is 2.09. The summed E-state index contributed by atoms with van der Waals surface area (Å²) in [4.78, 5) is 10.6. The standard InChI is InChI=1S/C7H10O/c1-6-2-4-7(8)5-3-6/h1-5H2. The topological polar surface area (TPSA) is 17.1 Å². The van der Waals surface area contributed by atoms with Crippen LogP contribution in [0.25, 0.3) is 0 Å². The Labute approximate surface area is 49.4 Å². The minimum Gasteiger partial charge on any atom is -0.300 e. The van der Waals surface area contributed by atoms with Crippen LogP contribution >= 0.6 is 0 Å². The summed E-state index contributed by atoms with van der Waals surface area (Å²) < 4.78 is 0. The van der Waals surface area contributed by atoms with Crippen molar-refractivity contribution < 1.29 is 4.79 Å². The third kappa shape index (κ3) is 1.19. The summed E-state index contributed by atoms with van der Waals surface area (Å²) in [5.74, 6) is 0.400. The van der Waals surface area contributed by atoms with Gasteiger partial charge in [0.05, 0.1) is 0 Å². The molecule has 1 rings (SSSR count). The number of ketones is 1. The van der Waals surface area contributed by atoms with Crippen LogP contribution in [-0.2, 0) is 4.79 Å². The Balaban J connectivity index is 2.40. The fourth-order valence-corrected chi connectivity index (χ4v) is 0.882. The molecule has 0 amide bonds. The van der Waals surface area contributed by atoms with Gasteiger partial charge in [-0.25, -0.2) is 0 Å². The van der Waals surface area contributed by atoms with Crippen molar-refractivity contribution in [2.75, 3.05) is 0 Å². The quantitative estimate of drug-likeness (QED) is 0.433. The molecule has 0 radical (unpaired) electrons. The molecule has 8 heavy (non-hydrogen) atoms. The van der Waals surface area contributed by atoms with E-state index in [-0.39, 0.29) is 0 Å². The van der Waals surface area contributed by atoms with Crippen LogP contribution in [0.2, 0.25) is 0 Å². The molecule has 0 bridgehead atoms. The van der Waals surface area contributed by atoms with E-state index in [1.807, 2.05) is 0 Å². The molecular formula is C7H10O. The first-order chi connectivity index (χ1) is 3.79. The molecule has 1 nitrogen and oxygen atoms in total. The molecule has 0 atom stereocenters. The zero-order valence-corrected chi connectivity index (χ0v) is 4.94. The summed E-state index contributed by atoms with van der Waals surface area (Å²) in [5.41, 5.74) is 1.24. The van der Waals surface area contributed by atoms with Gasteiger partial charge in [-0.05, 0) is 12.8 Å². The minimum absolute atomic E-state index is 0.400. The normalized spacial score (nSPS) is 21.5. The van der Waals surface area contributed by atoms with Crippen molar-refractivity contribution in [3.8, 4) is 0 Å². The smallest absolute Gasteiger partial charge is 0.133 e. The van der Waals surface area contributed by atoms with E-state index < -0.39 is 0 Å². The summed E-state index contributed by atoms with van der Waals surface area (Å²) in [6, 6.07) is 0. The third-order valence-corrected chi connectivity index (χ3v) is 1.51. The molecule has 0 aromatic carbocycles. The zero-order chi connectivity index (χ0) is 5.98. The first-order valence-electron chi connectivity index (χ1n) is 2.97. The summed E-state index contributed by atoms with van der Waals surface area (Å²) in [6.07, 6.45) is 3.33. The molecule has 44 valence electrons. The molecule has 0 unspecified atom stereocenters. The van der Waals surface area contributed by atoms with Crippen LogP contribution in [0.5, 0.6) is 0 Å². The SMILES string of the molecule is C=C1CCC(=O)CC1. The monoisotopic (exact) mass is 110 g/mol. The second kappa shape index (κ2) is 2.12.